The van der Waals surface area contributed by atoms with Gasteiger partial charge in [-0.3, -0.25) is 0 Å². The predicted molar refractivity (Wildman–Crippen MR) is 82.7 cm³/mol. The third kappa shape index (κ3) is 3.89. The van der Waals surface area contributed by atoms with Gasteiger partial charge < -0.3 is 10.1 Å². The molecule has 0 aliphatic carbocycles. The van der Waals surface area contributed by atoms with Crippen LogP contribution in [0.3, 0.4) is 0 Å². The SMILES string of the molecule is CCCNc1ncc(Br)c(Oc2ccc(Br)c(F)c2)n1. The summed E-state index contributed by atoms with van der Waals surface area (Å²) in [6.07, 6.45) is 2.56. The quantitative estimate of drug-likeness (QED) is 0.780. The number of anilines is 1. The summed E-state index contributed by atoms with van der Waals surface area (Å²) in [5.74, 6) is 0.784. The van der Waals surface area contributed by atoms with Crippen molar-refractivity contribution in [2.75, 3.05) is 11.9 Å². The summed E-state index contributed by atoms with van der Waals surface area (Å²) in [6, 6.07) is 4.52. The van der Waals surface area contributed by atoms with E-state index >= 15 is 0 Å². The fraction of sp³-hybridized carbons (Fsp3) is 0.231. The molecule has 0 saturated carbocycles. The van der Waals surface area contributed by atoms with Crippen molar-refractivity contribution < 1.29 is 9.13 Å². The lowest BCUT2D eigenvalue weighted by Gasteiger charge is -2.09. The van der Waals surface area contributed by atoms with Crippen molar-refractivity contribution in [3.05, 3.63) is 39.2 Å². The minimum Gasteiger partial charge on any atom is -0.438 e. The van der Waals surface area contributed by atoms with Gasteiger partial charge >= 0.3 is 0 Å². The van der Waals surface area contributed by atoms with E-state index in [9.17, 15) is 4.39 Å². The smallest absolute Gasteiger partial charge is 0.238 e. The number of benzene rings is 1. The molecule has 0 amide bonds. The Balaban J connectivity index is 2.20. The van der Waals surface area contributed by atoms with Crippen LogP contribution in [0.15, 0.2) is 33.3 Å². The third-order valence-corrected chi connectivity index (χ3v) is 3.54. The molecule has 0 radical (unpaired) electrons. The van der Waals surface area contributed by atoms with Gasteiger partial charge in [-0.25, -0.2) is 9.37 Å². The zero-order valence-corrected chi connectivity index (χ0v) is 13.8. The molecule has 0 atom stereocenters. The molecule has 1 aromatic heterocycles. The summed E-state index contributed by atoms with van der Waals surface area (Å²) in [5, 5.41) is 3.06. The molecular weight excluding hydrogens is 393 g/mol. The van der Waals surface area contributed by atoms with Crippen molar-refractivity contribution in [2.24, 2.45) is 0 Å². The maximum atomic E-state index is 13.4. The Hall–Kier alpha value is -1.21. The van der Waals surface area contributed by atoms with E-state index in [-0.39, 0.29) is 0 Å². The average molecular weight is 405 g/mol. The van der Waals surface area contributed by atoms with E-state index in [1.807, 2.05) is 6.92 Å². The second-order valence-corrected chi connectivity index (χ2v) is 5.66. The van der Waals surface area contributed by atoms with Gasteiger partial charge in [0.15, 0.2) is 0 Å². The first-order chi connectivity index (χ1) is 9.60. The summed E-state index contributed by atoms with van der Waals surface area (Å²) in [7, 11) is 0. The molecule has 1 aromatic carbocycles. The average Bonchev–Trinajstić information content (AvgIpc) is 2.44. The van der Waals surface area contributed by atoms with Gasteiger partial charge in [0, 0.05) is 12.6 Å². The molecule has 20 heavy (non-hydrogen) atoms. The van der Waals surface area contributed by atoms with Crippen LogP contribution in [0.5, 0.6) is 11.6 Å². The largest absolute Gasteiger partial charge is 0.438 e. The van der Waals surface area contributed by atoms with E-state index in [1.54, 1.807) is 18.3 Å². The highest BCUT2D eigenvalue weighted by Crippen LogP contribution is 2.29. The number of halogens is 3. The lowest BCUT2D eigenvalue weighted by atomic mass is 10.3. The second-order valence-electron chi connectivity index (χ2n) is 3.95. The van der Waals surface area contributed by atoms with Crippen LogP contribution in [0.1, 0.15) is 13.3 Å². The Morgan fingerprint density at radius 3 is 2.80 bits per heavy atom. The molecule has 1 N–H and O–H groups in total. The number of nitrogens with one attached hydrogen (secondary N) is 1. The molecule has 0 aliphatic heterocycles. The highest BCUT2D eigenvalue weighted by Gasteiger charge is 2.09. The molecule has 0 aliphatic rings. The van der Waals surface area contributed by atoms with Crippen LogP contribution in [0, 0.1) is 5.82 Å². The maximum Gasteiger partial charge on any atom is 0.238 e. The Labute approximate surface area is 133 Å². The number of hydrogen-bond donors (Lipinski definition) is 1. The first kappa shape index (κ1) is 15.2. The number of rotatable bonds is 5. The van der Waals surface area contributed by atoms with E-state index in [4.69, 9.17) is 4.74 Å². The van der Waals surface area contributed by atoms with Crippen LogP contribution in [0.25, 0.3) is 0 Å². The molecule has 0 fully saturated rings. The monoisotopic (exact) mass is 403 g/mol. The molecule has 2 rings (SSSR count). The normalized spacial score (nSPS) is 10.4. The van der Waals surface area contributed by atoms with Crippen LogP contribution in [-0.4, -0.2) is 16.5 Å². The minimum atomic E-state index is -0.392. The zero-order chi connectivity index (χ0) is 14.5. The van der Waals surface area contributed by atoms with Crippen LogP contribution in [0.2, 0.25) is 0 Å². The van der Waals surface area contributed by atoms with Crippen LogP contribution in [0.4, 0.5) is 10.3 Å². The molecule has 2 aromatic rings. The highest BCUT2D eigenvalue weighted by molar-refractivity contribution is 9.10. The summed E-state index contributed by atoms with van der Waals surface area (Å²) < 4.78 is 20.0. The van der Waals surface area contributed by atoms with E-state index < -0.39 is 5.82 Å². The Kier molecular flexibility index (Phi) is 5.31. The Morgan fingerprint density at radius 2 is 2.10 bits per heavy atom. The third-order valence-electron chi connectivity index (χ3n) is 2.35. The standard InChI is InChI=1S/C13H12Br2FN3O/c1-2-5-17-13-18-7-10(15)12(19-13)20-8-3-4-9(14)11(16)6-8/h3-4,6-7H,2,5H2,1H3,(H,17,18,19). The predicted octanol–water partition coefficient (Wildman–Crippen LogP) is 4.75. The zero-order valence-electron chi connectivity index (χ0n) is 10.7. The first-order valence-corrected chi connectivity index (χ1v) is 7.58. The Morgan fingerprint density at radius 1 is 1.30 bits per heavy atom. The molecule has 106 valence electrons. The summed E-state index contributed by atoms with van der Waals surface area (Å²) in [4.78, 5) is 8.35. The molecule has 0 bridgehead atoms. The van der Waals surface area contributed by atoms with Gasteiger partial charge in [-0.05, 0) is 50.4 Å². The van der Waals surface area contributed by atoms with Crippen molar-refractivity contribution in [3.8, 4) is 11.6 Å². The number of ether oxygens (including phenoxy) is 1. The van der Waals surface area contributed by atoms with E-state index in [0.29, 0.717) is 26.5 Å². The summed E-state index contributed by atoms with van der Waals surface area (Å²) in [5.41, 5.74) is 0. The van der Waals surface area contributed by atoms with Crippen molar-refractivity contribution >= 4 is 37.8 Å². The lowest BCUT2D eigenvalue weighted by molar-refractivity contribution is 0.454. The summed E-state index contributed by atoms with van der Waals surface area (Å²) in [6.45, 7) is 2.82. The fourth-order valence-electron chi connectivity index (χ4n) is 1.40. The van der Waals surface area contributed by atoms with E-state index in [1.165, 1.54) is 6.07 Å². The maximum absolute atomic E-state index is 13.4. The fourth-order valence-corrected chi connectivity index (χ4v) is 1.92. The molecule has 4 nitrogen and oxygen atoms in total. The molecule has 0 saturated heterocycles. The number of aromatic nitrogens is 2. The van der Waals surface area contributed by atoms with Gasteiger partial charge in [-0.2, -0.15) is 4.98 Å². The van der Waals surface area contributed by atoms with Gasteiger partial charge in [-0.1, -0.05) is 6.92 Å². The lowest BCUT2D eigenvalue weighted by Crippen LogP contribution is -2.05. The van der Waals surface area contributed by atoms with Gasteiger partial charge in [0.2, 0.25) is 11.8 Å². The van der Waals surface area contributed by atoms with Crippen LogP contribution < -0.4 is 10.1 Å². The van der Waals surface area contributed by atoms with Crippen molar-refractivity contribution in [1.29, 1.82) is 0 Å². The minimum absolute atomic E-state index is 0.334. The highest BCUT2D eigenvalue weighted by atomic mass is 79.9. The Bertz CT molecular complexity index is 610. The molecule has 0 unspecified atom stereocenters. The van der Waals surface area contributed by atoms with Gasteiger partial charge in [-0.15, -0.1) is 0 Å². The molecular formula is C13H12Br2FN3O. The number of nitrogens with zero attached hydrogens (tertiary/aromatic N) is 2. The van der Waals surface area contributed by atoms with Gasteiger partial charge in [0.25, 0.3) is 0 Å². The number of hydrogen-bond acceptors (Lipinski definition) is 4. The topological polar surface area (TPSA) is 47.0 Å². The molecule has 1 heterocycles. The van der Waals surface area contributed by atoms with Crippen LogP contribution in [-0.2, 0) is 0 Å². The van der Waals surface area contributed by atoms with Crippen LogP contribution >= 0.6 is 31.9 Å². The van der Waals surface area contributed by atoms with Crippen molar-refractivity contribution in [1.82, 2.24) is 9.97 Å². The summed E-state index contributed by atoms with van der Waals surface area (Å²) >= 11 is 6.40. The van der Waals surface area contributed by atoms with Crippen molar-refractivity contribution in [3.63, 3.8) is 0 Å². The van der Waals surface area contributed by atoms with Gasteiger partial charge in [0.1, 0.15) is 11.6 Å². The second kappa shape index (κ2) is 6.99. The molecule has 0 spiro atoms. The van der Waals surface area contributed by atoms with E-state index in [2.05, 4.69) is 47.1 Å². The molecule has 7 heteroatoms. The van der Waals surface area contributed by atoms with Gasteiger partial charge in [0.05, 0.1) is 15.1 Å². The van der Waals surface area contributed by atoms with Crippen molar-refractivity contribution in [2.45, 2.75) is 13.3 Å². The first-order valence-electron chi connectivity index (χ1n) is 5.99. The van der Waals surface area contributed by atoms with E-state index in [0.717, 1.165) is 13.0 Å².